The van der Waals surface area contributed by atoms with Gasteiger partial charge in [-0.15, -0.1) is 0 Å². The second kappa shape index (κ2) is 36.7. The summed E-state index contributed by atoms with van der Waals surface area (Å²) in [7, 11) is 1.63. The number of hydrogen-bond donors (Lipinski definition) is 14. The number of nitrogens with two attached hydrogens (primary N) is 1. The van der Waals surface area contributed by atoms with Gasteiger partial charge in [-0.25, -0.2) is 0 Å². The molecule has 2 heterocycles. The molecule has 462 valence electrons. The van der Waals surface area contributed by atoms with E-state index in [1.807, 2.05) is 19.9 Å². The average Bonchev–Trinajstić information content (AvgIpc) is 3.38. The van der Waals surface area contributed by atoms with Crippen LogP contribution < -0.4 is 11.1 Å². The quantitative estimate of drug-likeness (QED) is 0.0296. The Morgan fingerprint density at radius 3 is 2.05 bits per heavy atom. The highest BCUT2D eigenvalue weighted by Crippen LogP contribution is 2.36. The average molecular weight is 1140 g/mol. The van der Waals surface area contributed by atoms with Crippen LogP contribution in [0.3, 0.4) is 0 Å². The first kappa shape index (κ1) is 72.3. The van der Waals surface area contributed by atoms with Crippen molar-refractivity contribution in [3.05, 3.63) is 48.6 Å². The number of aliphatic hydroxyl groups is 11. The highest BCUT2D eigenvalue weighted by molar-refractivity contribution is 5.90. The lowest BCUT2D eigenvalue weighted by Crippen LogP contribution is -2.60. The highest BCUT2D eigenvalue weighted by atomic mass is 16.7. The van der Waals surface area contributed by atoms with Crippen molar-refractivity contribution in [3.8, 4) is 0 Å². The summed E-state index contributed by atoms with van der Waals surface area (Å²) in [6.07, 6.45) is -0.165. The molecule has 2 aliphatic rings. The Bertz CT molecular complexity index is 1960. The first-order valence-electron chi connectivity index (χ1n) is 29.0. The fourth-order valence-corrected chi connectivity index (χ4v) is 10.3. The van der Waals surface area contributed by atoms with Crippen molar-refractivity contribution in [2.45, 2.75) is 237 Å². The number of hydrogen-bond acceptors (Lipinski definition) is 18. The van der Waals surface area contributed by atoms with Crippen molar-refractivity contribution in [1.82, 2.24) is 5.32 Å². The Labute approximate surface area is 474 Å². The molecule has 0 spiro atoms. The predicted octanol–water partition coefficient (Wildman–Crippen LogP) is 3.30. The van der Waals surface area contributed by atoms with E-state index in [2.05, 4.69) is 29.4 Å². The first-order chi connectivity index (χ1) is 37.5. The minimum atomic E-state index is -2.54. The Morgan fingerprint density at radius 2 is 1.40 bits per heavy atom. The monoisotopic (exact) mass is 1140 g/mol. The van der Waals surface area contributed by atoms with Crippen molar-refractivity contribution in [2.24, 2.45) is 58.1 Å². The molecule has 0 radical (unpaired) electrons. The van der Waals surface area contributed by atoms with Crippen LogP contribution in [-0.2, 0) is 28.6 Å². The Hall–Kier alpha value is -3.84. The van der Waals surface area contributed by atoms with E-state index in [4.69, 9.17) is 19.9 Å². The molecular weight excluding hydrogens is 1040 g/mol. The predicted molar refractivity (Wildman–Crippen MR) is 302 cm³/mol. The Kier molecular flexibility index (Phi) is 33.1. The van der Waals surface area contributed by atoms with Crippen LogP contribution in [0.25, 0.3) is 0 Å². The number of nitrogens with one attached hydrogen (secondary N) is 1. The maximum atomic E-state index is 13.8. The number of carboxylic acids is 1. The number of rotatable bonds is 14. The molecule has 2 bridgehead atoms. The molecule has 0 aromatic carbocycles. The second-order valence-electron chi connectivity index (χ2n) is 23.4. The number of aliphatic carboxylic acids is 1. The number of carboxylic acid groups (broad SMARTS) is 1. The summed E-state index contributed by atoms with van der Waals surface area (Å²) in [5.74, 6) is -9.43. The van der Waals surface area contributed by atoms with Crippen molar-refractivity contribution >= 4 is 23.9 Å². The molecule has 1 fully saturated rings. The van der Waals surface area contributed by atoms with Crippen LogP contribution >= 0.6 is 0 Å². The largest absolute Gasteiger partial charge is 0.481 e. The third-order valence-electron chi connectivity index (χ3n) is 16.2. The van der Waals surface area contributed by atoms with Crippen LogP contribution in [0.15, 0.2) is 53.6 Å². The fraction of sp³-hybridized carbons (Fsp3) is 0.797. The standard InChI is InChI=1S/C59H103N3O18/c1-34(18-14-12-10-11-13-17-25-62-58(60)61-9)26-38(5)55-37(4)19-15-16-20-45(64)39(6)49(68)28-42(63)27-43(78-54(74)32-53(72)73)29-44-30-51(70)56(75)59(77,80-44)33-52(71)36(3)22-23-46(65)40(7)50(69)31-48(67)35(2)21-24-47(66)41(8)57(76)79-55/h10-11,15-16,19-21,24,34-52,55-56,63-71,75,77H,12-14,17-18,22-23,25-33H2,1-9H3,(H,72,73)(H3,60,61,62)/b11-10+,19-15-,20-16-,24-21+/t34-,35?,36?,37?,38-,39?,40?,41?,42?,43?,44?,45?,46?,47?,48?,49?,50?,51?,52?,55?,56?,59?/m0/s1. The van der Waals surface area contributed by atoms with Gasteiger partial charge in [0.1, 0.15) is 24.7 Å². The minimum absolute atomic E-state index is 0.0716. The highest BCUT2D eigenvalue weighted by Gasteiger charge is 2.50. The molecule has 0 aromatic heterocycles. The number of carbonyl (C=O) groups excluding carboxylic acids is 2. The normalized spacial score (nSPS) is 38.9. The summed E-state index contributed by atoms with van der Waals surface area (Å²) in [5, 5.41) is 135. The maximum Gasteiger partial charge on any atom is 0.317 e. The van der Waals surface area contributed by atoms with E-state index in [9.17, 15) is 75.7 Å². The Balaban J connectivity index is 2.43. The fourth-order valence-electron chi connectivity index (χ4n) is 10.3. The number of aliphatic imine (C=N–C) groups is 1. The zero-order chi connectivity index (χ0) is 60.4. The van der Waals surface area contributed by atoms with Gasteiger partial charge in [0.05, 0.1) is 67.0 Å². The third-order valence-corrected chi connectivity index (χ3v) is 16.2. The topological polar surface area (TPSA) is 372 Å². The first-order valence-corrected chi connectivity index (χ1v) is 29.0. The Morgan fingerprint density at radius 1 is 0.762 bits per heavy atom. The summed E-state index contributed by atoms with van der Waals surface area (Å²) in [6.45, 7) is 14.8. The summed E-state index contributed by atoms with van der Waals surface area (Å²) in [4.78, 5) is 41.7. The van der Waals surface area contributed by atoms with Gasteiger partial charge < -0.3 is 86.5 Å². The molecule has 20 unspecified atom stereocenters. The molecule has 0 aromatic rings. The molecule has 80 heavy (non-hydrogen) atoms. The van der Waals surface area contributed by atoms with Gasteiger partial charge in [-0.1, -0.05) is 103 Å². The zero-order valence-electron chi connectivity index (χ0n) is 48.9. The lowest BCUT2D eigenvalue weighted by molar-refractivity contribution is -0.333. The van der Waals surface area contributed by atoms with Crippen molar-refractivity contribution < 1.29 is 89.9 Å². The maximum absolute atomic E-state index is 13.8. The molecule has 2 aliphatic heterocycles. The van der Waals surface area contributed by atoms with Gasteiger partial charge in [-0.3, -0.25) is 19.4 Å². The van der Waals surface area contributed by atoms with Crippen LogP contribution in [0.5, 0.6) is 0 Å². The molecule has 22 atom stereocenters. The number of carbonyl (C=O) groups is 3. The van der Waals surface area contributed by atoms with E-state index in [0.717, 1.165) is 45.1 Å². The van der Waals surface area contributed by atoms with Gasteiger partial charge in [0.25, 0.3) is 0 Å². The third kappa shape index (κ3) is 26.2. The number of allylic oxidation sites excluding steroid dienone is 4. The van der Waals surface area contributed by atoms with E-state index < -0.39 is 145 Å². The molecular formula is C59H103N3O18. The molecule has 1 saturated heterocycles. The van der Waals surface area contributed by atoms with Crippen LogP contribution in [0.4, 0.5) is 0 Å². The van der Waals surface area contributed by atoms with Crippen LogP contribution in [0, 0.1) is 47.3 Å². The van der Waals surface area contributed by atoms with Crippen LogP contribution in [0.2, 0.25) is 0 Å². The smallest absolute Gasteiger partial charge is 0.317 e. The van der Waals surface area contributed by atoms with Gasteiger partial charge >= 0.3 is 17.9 Å². The molecule has 0 amide bonds. The molecule has 2 rings (SSSR count). The minimum Gasteiger partial charge on any atom is -0.481 e. The number of ether oxygens (including phenoxy) is 3. The van der Waals surface area contributed by atoms with E-state index in [1.54, 1.807) is 59.9 Å². The SMILES string of the molecule is CN=C(N)NCCC/C=C/CCC[C@H](C)C[C@H](C)C1OC(=O)C(C)C(O)/C=C/C(C)C(O)CC(O)C(C)C(O)CCC(C)C(O)CC2(O)OC(CC(OC(=O)CC(=O)O)CC(O)CC(O)C(C)C(O)/C=C\C=C/C1C)CC(O)C2O. The lowest BCUT2D eigenvalue weighted by atomic mass is 9.83. The van der Waals surface area contributed by atoms with E-state index in [1.165, 1.54) is 12.2 Å². The zero-order valence-corrected chi connectivity index (χ0v) is 48.9. The summed E-state index contributed by atoms with van der Waals surface area (Å²) < 4.78 is 17.5. The van der Waals surface area contributed by atoms with Gasteiger partial charge in [0.2, 0.25) is 0 Å². The second-order valence-corrected chi connectivity index (χ2v) is 23.4. The number of esters is 2. The van der Waals surface area contributed by atoms with E-state index in [0.29, 0.717) is 5.96 Å². The van der Waals surface area contributed by atoms with Gasteiger partial charge in [0, 0.05) is 69.4 Å². The lowest BCUT2D eigenvalue weighted by Gasteiger charge is -2.45. The summed E-state index contributed by atoms with van der Waals surface area (Å²) in [6, 6.07) is 0. The number of nitrogens with zero attached hydrogens (tertiary/aromatic N) is 1. The van der Waals surface area contributed by atoms with Crippen molar-refractivity contribution in [3.63, 3.8) is 0 Å². The van der Waals surface area contributed by atoms with Gasteiger partial charge in [-0.05, 0) is 76.0 Å². The number of fused-ring (bicyclic) bond motifs is 2. The van der Waals surface area contributed by atoms with Crippen molar-refractivity contribution in [1.29, 1.82) is 0 Å². The summed E-state index contributed by atoms with van der Waals surface area (Å²) >= 11 is 0. The van der Waals surface area contributed by atoms with Crippen LogP contribution in [-0.4, -0.2) is 184 Å². The molecule has 0 aliphatic carbocycles. The van der Waals surface area contributed by atoms with E-state index in [-0.39, 0.29) is 62.7 Å². The molecule has 21 heteroatoms. The molecule has 0 saturated carbocycles. The number of cyclic esters (lactones) is 1. The van der Waals surface area contributed by atoms with Crippen molar-refractivity contribution in [2.75, 3.05) is 13.6 Å². The number of aliphatic hydroxyl groups excluding tert-OH is 10. The van der Waals surface area contributed by atoms with Gasteiger partial charge in [-0.2, -0.15) is 0 Å². The van der Waals surface area contributed by atoms with E-state index >= 15 is 0 Å². The molecule has 21 nitrogen and oxygen atoms in total. The number of guanidine groups is 1. The number of unbranched alkanes of at least 4 members (excludes halogenated alkanes) is 2. The molecule has 15 N–H and O–H groups in total. The van der Waals surface area contributed by atoms with Crippen LogP contribution in [0.1, 0.15) is 152 Å². The van der Waals surface area contributed by atoms with Gasteiger partial charge in [0.15, 0.2) is 11.7 Å². The summed E-state index contributed by atoms with van der Waals surface area (Å²) in [5.41, 5.74) is 5.68.